The Morgan fingerprint density at radius 3 is 2.55 bits per heavy atom. The third-order valence-electron chi connectivity index (χ3n) is 3.20. The molecule has 0 saturated heterocycles. The van der Waals surface area contributed by atoms with Crippen molar-refractivity contribution < 1.29 is 9.53 Å². The van der Waals surface area contributed by atoms with Crippen LogP contribution in [-0.2, 0) is 4.74 Å². The monoisotopic (exact) mass is 281 g/mol. The smallest absolute Gasteiger partial charge is 0.274 e. The second kappa shape index (κ2) is 8.44. The van der Waals surface area contributed by atoms with Crippen molar-refractivity contribution in [2.45, 2.75) is 32.7 Å². The molecule has 0 saturated carbocycles. The highest BCUT2D eigenvalue weighted by Gasteiger charge is 2.23. The summed E-state index contributed by atoms with van der Waals surface area (Å²) in [6.45, 7) is 5.17. The second-order valence-electron chi connectivity index (χ2n) is 4.39. The van der Waals surface area contributed by atoms with Gasteiger partial charge < -0.3 is 15.1 Å². The van der Waals surface area contributed by atoms with E-state index in [-0.39, 0.29) is 11.9 Å². The van der Waals surface area contributed by atoms with Gasteiger partial charge in [-0.15, -0.1) is 0 Å². The number of nitrogen functional groups attached to an aromatic ring is 1. The molecule has 0 aliphatic heterocycles. The molecule has 1 aromatic heterocycles. The molecular formula is C13H23N5O2. The highest BCUT2D eigenvalue weighted by Crippen LogP contribution is 2.12. The highest BCUT2D eigenvalue weighted by molar-refractivity contribution is 5.92. The first-order valence-electron chi connectivity index (χ1n) is 6.76. The highest BCUT2D eigenvalue weighted by atomic mass is 16.5. The van der Waals surface area contributed by atoms with Crippen molar-refractivity contribution >= 4 is 11.7 Å². The molecule has 0 fully saturated rings. The van der Waals surface area contributed by atoms with Gasteiger partial charge in [0.15, 0.2) is 5.82 Å². The van der Waals surface area contributed by atoms with E-state index < -0.39 is 0 Å². The molecule has 0 radical (unpaired) electrons. The van der Waals surface area contributed by atoms with Crippen LogP contribution in [0.25, 0.3) is 0 Å². The summed E-state index contributed by atoms with van der Waals surface area (Å²) < 4.78 is 5.08. The Kier molecular flexibility index (Phi) is 6.89. The molecule has 0 aliphatic carbocycles. The number of hydrogen-bond acceptors (Lipinski definition) is 6. The Morgan fingerprint density at radius 1 is 1.40 bits per heavy atom. The number of ether oxygens (including phenoxy) is 1. The standard InChI is InChI=1S/C13H23N5O2/c1-4-10(5-2)18(6-7-20-3)13(19)11-8-16-12(17-14)9-15-11/h8-10H,4-7,14H2,1-3H3,(H,16,17). The van der Waals surface area contributed by atoms with Crippen molar-refractivity contribution in [3.63, 3.8) is 0 Å². The summed E-state index contributed by atoms with van der Waals surface area (Å²) in [6.07, 6.45) is 4.65. The van der Waals surface area contributed by atoms with Crippen LogP contribution < -0.4 is 11.3 Å². The normalized spacial score (nSPS) is 10.7. The maximum Gasteiger partial charge on any atom is 0.274 e. The van der Waals surface area contributed by atoms with Crippen molar-refractivity contribution in [3.8, 4) is 0 Å². The van der Waals surface area contributed by atoms with Crippen molar-refractivity contribution in [2.24, 2.45) is 5.84 Å². The summed E-state index contributed by atoms with van der Waals surface area (Å²) in [6, 6.07) is 0.173. The largest absolute Gasteiger partial charge is 0.383 e. The van der Waals surface area contributed by atoms with Crippen LogP contribution in [0.4, 0.5) is 5.82 Å². The second-order valence-corrected chi connectivity index (χ2v) is 4.39. The van der Waals surface area contributed by atoms with Crippen LogP contribution in [-0.4, -0.2) is 47.1 Å². The molecule has 0 spiro atoms. The van der Waals surface area contributed by atoms with Crippen molar-refractivity contribution in [2.75, 3.05) is 25.7 Å². The quantitative estimate of drug-likeness (QED) is 0.546. The zero-order valence-electron chi connectivity index (χ0n) is 12.3. The maximum atomic E-state index is 12.5. The van der Waals surface area contributed by atoms with Gasteiger partial charge in [0.1, 0.15) is 5.69 Å². The number of carbonyl (C=O) groups excluding carboxylic acids is 1. The number of methoxy groups -OCH3 is 1. The Hall–Kier alpha value is -1.73. The number of hydrazine groups is 1. The Morgan fingerprint density at radius 2 is 2.10 bits per heavy atom. The van der Waals surface area contributed by atoms with Crippen LogP contribution in [0.3, 0.4) is 0 Å². The summed E-state index contributed by atoms with van der Waals surface area (Å²) in [5, 5.41) is 0. The van der Waals surface area contributed by atoms with Gasteiger partial charge >= 0.3 is 0 Å². The minimum atomic E-state index is -0.133. The number of nitrogens with zero attached hydrogens (tertiary/aromatic N) is 3. The molecular weight excluding hydrogens is 258 g/mol. The molecule has 0 aliphatic rings. The lowest BCUT2D eigenvalue weighted by molar-refractivity contribution is 0.0583. The summed E-state index contributed by atoms with van der Waals surface area (Å²) in [5.41, 5.74) is 2.70. The lowest BCUT2D eigenvalue weighted by Crippen LogP contribution is -2.42. The fourth-order valence-corrected chi connectivity index (χ4v) is 2.03. The zero-order valence-corrected chi connectivity index (χ0v) is 12.3. The first-order valence-corrected chi connectivity index (χ1v) is 6.76. The summed E-state index contributed by atoms with van der Waals surface area (Å²) in [7, 11) is 1.62. The van der Waals surface area contributed by atoms with Gasteiger partial charge in [-0.3, -0.25) is 4.79 Å². The number of rotatable bonds is 8. The maximum absolute atomic E-state index is 12.5. The predicted molar refractivity (Wildman–Crippen MR) is 77.1 cm³/mol. The van der Waals surface area contributed by atoms with E-state index in [1.54, 1.807) is 12.0 Å². The molecule has 7 heteroatoms. The Balaban J connectivity index is 2.89. The predicted octanol–water partition coefficient (Wildman–Crippen LogP) is 1.04. The van der Waals surface area contributed by atoms with E-state index in [4.69, 9.17) is 10.6 Å². The van der Waals surface area contributed by atoms with Gasteiger partial charge in [0.25, 0.3) is 5.91 Å². The van der Waals surface area contributed by atoms with Crippen LogP contribution in [0.5, 0.6) is 0 Å². The molecule has 0 bridgehead atoms. The van der Waals surface area contributed by atoms with Gasteiger partial charge in [-0.25, -0.2) is 15.8 Å². The topological polar surface area (TPSA) is 93.4 Å². The number of anilines is 1. The van der Waals surface area contributed by atoms with E-state index in [0.29, 0.717) is 24.7 Å². The van der Waals surface area contributed by atoms with Crippen LogP contribution in [0.1, 0.15) is 37.2 Å². The number of nitrogens with two attached hydrogens (primary N) is 1. The zero-order chi connectivity index (χ0) is 15.0. The average molecular weight is 281 g/mol. The van der Waals surface area contributed by atoms with Gasteiger partial charge in [0, 0.05) is 19.7 Å². The molecule has 1 aromatic rings. The van der Waals surface area contributed by atoms with Crippen molar-refractivity contribution in [1.29, 1.82) is 0 Å². The number of amides is 1. The number of hydrogen-bond donors (Lipinski definition) is 2. The van der Waals surface area contributed by atoms with Gasteiger partial charge in [0.05, 0.1) is 19.0 Å². The van der Waals surface area contributed by atoms with E-state index in [9.17, 15) is 4.79 Å². The Bertz CT molecular complexity index is 406. The minimum absolute atomic E-state index is 0.133. The van der Waals surface area contributed by atoms with Crippen molar-refractivity contribution in [3.05, 3.63) is 18.1 Å². The minimum Gasteiger partial charge on any atom is -0.383 e. The molecule has 7 nitrogen and oxygen atoms in total. The molecule has 3 N–H and O–H groups in total. The third kappa shape index (κ3) is 4.14. The van der Waals surface area contributed by atoms with Crippen LogP contribution in [0.2, 0.25) is 0 Å². The van der Waals surface area contributed by atoms with Crippen LogP contribution >= 0.6 is 0 Å². The molecule has 20 heavy (non-hydrogen) atoms. The molecule has 0 unspecified atom stereocenters. The number of carbonyl (C=O) groups is 1. The van der Waals surface area contributed by atoms with Crippen LogP contribution in [0.15, 0.2) is 12.4 Å². The summed E-state index contributed by atoms with van der Waals surface area (Å²) in [5.74, 6) is 5.52. The van der Waals surface area contributed by atoms with E-state index >= 15 is 0 Å². The van der Waals surface area contributed by atoms with Gasteiger partial charge in [-0.05, 0) is 12.8 Å². The lowest BCUT2D eigenvalue weighted by Gasteiger charge is -2.30. The first-order chi connectivity index (χ1) is 9.67. The molecule has 1 rings (SSSR count). The van der Waals surface area contributed by atoms with Gasteiger partial charge in [-0.1, -0.05) is 13.8 Å². The number of nitrogens with one attached hydrogen (secondary N) is 1. The fourth-order valence-electron chi connectivity index (χ4n) is 2.03. The van der Waals surface area contributed by atoms with Crippen molar-refractivity contribution in [1.82, 2.24) is 14.9 Å². The summed E-state index contributed by atoms with van der Waals surface area (Å²) in [4.78, 5) is 22.4. The van der Waals surface area contributed by atoms with E-state index in [1.165, 1.54) is 12.4 Å². The van der Waals surface area contributed by atoms with Crippen LogP contribution in [0, 0.1) is 0 Å². The molecule has 0 atom stereocenters. The third-order valence-corrected chi connectivity index (χ3v) is 3.20. The average Bonchev–Trinajstić information content (AvgIpc) is 2.51. The summed E-state index contributed by atoms with van der Waals surface area (Å²) >= 11 is 0. The SMILES string of the molecule is CCC(CC)N(CCOC)C(=O)c1cnc(NN)cn1. The lowest BCUT2D eigenvalue weighted by atomic mass is 10.1. The Labute approximate surface area is 119 Å². The first kappa shape index (κ1) is 16.3. The van der Waals surface area contributed by atoms with Gasteiger partial charge in [0.2, 0.25) is 0 Å². The van der Waals surface area contributed by atoms with E-state index in [1.807, 2.05) is 0 Å². The van der Waals surface area contributed by atoms with E-state index in [0.717, 1.165) is 12.8 Å². The fraction of sp³-hybridized carbons (Fsp3) is 0.615. The molecule has 1 amide bonds. The molecule has 1 heterocycles. The van der Waals surface area contributed by atoms with Gasteiger partial charge in [-0.2, -0.15) is 0 Å². The number of aromatic nitrogens is 2. The molecule has 0 aromatic carbocycles. The van der Waals surface area contributed by atoms with E-state index in [2.05, 4.69) is 29.2 Å². The molecule has 112 valence electrons.